The maximum atomic E-state index is 12.5. The SMILES string of the molecule is N=C(c1ccccc1Br)C1C(=O)c2ccccc2S1(=O)=O. The monoisotopic (exact) mass is 363 g/mol. The Morgan fingerprint density at radius 3 is 2.33 bits per heavy atom. The predicted molar refractivity (Wildman–Crippen MR) is 82.7 cm³/mol. The number of rotatable bonds is 2. The second-order valence-corrected chi connectivity index (χ2v) is 7.53. The summed E-state index contributed by atoms with van der Waals surface area (Å²) in [5.41, 5.74) is 0.371. The molecule has 0 saturated heterocycles. The Kier molecular flexibility index (Phi) is 3.30. The fourth-order valence-corrected chi connectivity index (χ4v) is 4.78. The van der Waals surface area contributed by atoms with Crippen molar-refractivity contribution in [2.45, 2.75) is 10.1 Å². The summed E-state index contributed by atoms with van der Waals surface area (Å²) in [4.78, 5) is 12.4. The lowest BCUT2D eigenvalue weighted by Crippen LogP contribution is -2.32. The van der Waals surface area contributed by atoms with Crippen LogP contribution in [0.2, 0.25) is 0 Å². The standard InChI is InChI=1S/C15H10BrNO3S/c16-11-7-3-1-5-9(11)13(17)15-14(18)10-6-2-4-8-12(10)21(15,19)20/h1-8,15,17H. The lowest BCUT2D eigenvalue weighted by Gasteiger charge is -2.12. The van der Waals surface area contributed by atoms with Gasteiger partial charge in [-0.2, -0.15) is 0 Å². The molecule has 0 fully saturated rings. The van der Waals surface area contributed by atoms with Crippen molar-refractivity contribution in [3.63, 3.8) is 0 Å². The van der Waals surface area contributed by atoms with Gasteiger partial charge in [0.05, 0.1) is 10.6 Å². The highest BCUT2D eigenvalue weighted by Gasteiger charge is 2.47. The Hall–Kier alpha value is -1.79. The van der Waals surface area contributed by atoms with Crippen molar-refractivity contribution in [1.82, 2.24) is 0 Å². The molecule has 1 atom stereocenters. The number of halogens is 1. The lowest BCUT2D eigenvalue weighted by atomic mass is 10.0. The van der Waals surface area contributed by atoms with Gasteiger partial charge in [-0.15, -0.1) is 0 Å². The molecule has 1 aliphatic rings. The maximum Gasteiger partial charge on any atom is 0.195 e. The summed E-state index contributed by atoms with van der Waals surface area (Å²) in [6.45, 7) is 0. The summed E-state index contributed by atoms with van der Waals surface area (Å²) in [6.07, 6.45) is 0. The average Bonchev–Trinajstić information content (AvgIpc) is 2.67. The van der Waals surface area contributed by atoms with Gasteiger partial charge in [0.15, 0.2) is 20.9 Å². The van der Waals surface area contributed by atoms with Crippen molar-refractivity contribution in [1.29, 1.82) is 5.41 Å². The first-order valence-electron chi connectivity index (χ1n) is 6.15. The quantitative estimate of drug-likeness (QED) is 0.833. The molecule has 106 valence electrons. The van der Waals surface area contributed by atoms with Crippen LogP contribution in [-0.2, 0) is 9.84 Å². The van der Waals surface area contributed by atoms with Gasteiger partial charge in [-0.1, -0.05) is 52.3 Å². The lowest BCUT2D eigenvalue weighted by molar-refractivity contribution is 0.101. The molecule has 0 amide bonds. The number of Topliss-reactive ketones (excluding diaryl/α,β-unsaturated/α-hetero) is 1. The molecule has 3 rings (SSSR count). The zero-order valence-electron chi connectivity index (χ0n) is 10.7. The van der Waals surface area contributed by atoms with Gasteiger partial charge in [0.1, 0.15) is 0 Å². The van der Waals surface area contributed by atoms with E-state index >= 15 is 0 Å². The molecule has 1 N–H and O–H groups in total. The van der Waals surface area contributed by atoms with Crippen LogP contribution in [0.25, 0.3) is 0 Å². The Morgan fingerprint density at radius 1 is 1.05 bits per heavy atom. The Labute approximate surface area is 130 Å². The van der Waals surface area contributed by atoms with Gasteiger partial charge < -0.3 is 5.41 Å². The number of hydrogen-bond donors (Lipinski definition) is 1. The largest absolute Gasteiger partial charge is 0.303 e. The molecule has 21 heavy (non-hydrogen) atoms. The number of carbonyl (C=O) groups excluding carboxylic acids is 1. The molecule has 6 heteroatoms. The van der Waals surface area contributed by atoms with Gasteiger partial charge in [0.2, 0.25) is 0 Å². The van der Waals surface area contributed by atoms with E-state index in [0.29, 0.717) is 10.0 Å². The van der Waals surface area contributed by atoms with Gasteiger partial charge in [-0.25, -0.2) is 8.42 Å². The van der Waals surface area contributed by atoms with Crippen LogP contribution in [0.3, 0.4) is 0 Å². The second kappa shape index (κ2) is 4.89. The minimum absolute atomic E-state index is 0.0109. The summed E-state index contributed by atoms with van der Waals surface area (Å²) < 4.78 is 25.7. The third-order valence-electron chi connectivity index (χ3n) is 3.43. The van der Waals surface area contributed by atoms with Crippen molar-refractivity contribution in [2.24, 2.45) is 0 Å². The van der Waals surface area contributed by atoms with Crippen molar-refractivity contribution < 1.29 is 13.2 Å². The number of sulfone groups is 1. The van der Waals surface area contributed by atoms with E-state index in [1.54, 1.807) is 36.4 Å². The van der Waals surface area contributed by atoms with Crippen LogP contribution < -0.4 is 0 Å². The molecule has 1 aliphatic heterocycles. The van der Waals surface area contributed by atoms with Crippen LogP contribution >= 0.6 is 15.9 Å². The van der Waals surface area contributed by atoms with E-state index in [9.17, 15) is 13.2 Å². The zero-order valence-corrected chi connectivity index (χ0v) is 13.1. The molecule has 2 aromatic rings. The highest BCUT2D eigenvalue weighted by molar-refractivity contribution is 9.10. The highest BCUT2D eigenvalue weighted by atomic mass is 79.9. The first-order chi connectivity index (χ1) is 9.94. The van der Waals surface area contributed by atoms with Crippen molar-refractivity contribution in [2.75, 3.05) is 0 Å². The van der Waals surface area contributed by atoms with E-state index < -0.39 is 20.9 Å². The molecule has 2 aromatic carbocycles. The first-order valence-corrected chi connectivity index (χ1v) is 8.49. The predicted octanol–water partition coefficient (Wildman–Crippen LogP) is 2.86. The second-order valence-electron chi connectivity index (χ2n) is 4.68. The molecule has 1 unspecified atom stereocenters. The molecule has 0 aromatic heterocycles. The smallest absolute Gasteiger partial charge is 0.195 e. The fourth-order valence-electron chi connectivity index (χ4n) is 2.43. The molecular formula is C15H10BrNO3S. The minimum Gasteiger partial charge on any atom is -0.303 e. The van der Waals surface area contributed by atoms with E-state index in [0.717, 1.165) is 0 Å². The van der Waals surface area contributed by atoms with Crippen molar-refractivity contribution >= 4 is 37.3 Å². The Balaban J connectivity index is 2.16. The Bertz CT molecular complexity index is 874. The van der Waals surface area contributed by atoms with E-state index in [1.165, 1.54) is 12.1 Å². The Morgan fingerprint density at radius 2 is 1.67 bits per heavy atom. The van der Waals surface area contributed by atoms with E-state index in [2.05, 4.69) is 15.9 Å². The van der Waals surface area contributed by atoms with E-state index in [1.807, 2.05) is 0 Å². The van der Waals surface area contributed by atoms with E-state index in [-0.39, 0.29) is 16.2 Å². The third-order valence-corrected chi connectivity index (χ3v) is 6.16. The molecule has 0 saturated carbocycles. The number of benzene rings is 2. The average molecular weight is 364 g/mol. The maximum absolute atomic E-state index is 12.5. The van der Waals surface area contributed by atoms with Gasteiger partial charge in [-0.05, 0) is 12.1 Å². The fraction of sp³-hybridized carbons (Fsp3) is 0.0667. The summed E-state index contributed by atoms with van der Waals surface area (Å²) >= 11 is 3.29. The van der Waals surface area contributed by atoms with Crippen molar-refractivity contribution in [3.05, 3.63) is 64.1 Å². The number of ketones is 1. The molecule has 1 heterocycles. The summed E-state index contributed by atoms with van der Waals surface area (Å²) in [5, 5.41) is 6.74. The van der Waals surface area contributed by atoms with Crippen LogP contribution in [-0.4, -0.2) is 25.2 Å². The first kappa shape index (κ1) is 14.2. The molecular weight excluding hydrogens is 354 g/mol. The zero-order chi connectivity index (χ0) is 15.2. The topological polar surface area (TPSA) is 75.1 Å². The highest BCUT2D eigenvalue weighted by Crippen LogP contribution is 2.33. The van der Waals surface area contributed by atoms with Crippen molar-refractivity contribution in [3.8, 4) is 0 Å². The number of nitrogens with one attached hydrogen (secondary N) is 1. The van der Waals surface area contributed by atoms with Gasteiger partial charge in [0.25, 0.3) is 0 Å². The number of carbonyl (C=O) groups is 1. The summed E-state index contributed by atoms with van der Waals surface area (Å²) in [5.74, 6) is -0.536. The van der Waals surface area contributed by atoms with Crippen LogP contribution in [0.5, 0.6) is 0 Å². The number of hydrogen-bond acceptors (Lipinski definition) is 4. The molecule has 4 nitrogen and oxygen atoms in total. The van der Waals surface area contributed by atoms with Crippen LogP contribution in [0, 0.1) is 5.41 Å². The molecule has 0 bridgehead atoms. The van der Waals surface area contributed by atoms with Gasteiger partial charge >= 0.3 is 0 Å². The minimum atomic E-state index is -3.85. The molecule has 0 spiro atoms. The van der Waals surface area contributed by atoms with Crippen LogP contribution in [0.4, 0.5) is 0 Å². The summed E-state index contributed by atoms with van der Waals surface area (Å²) in [7, 11) is -3.85. The number of fused-ring (bicyclic) bond motifs is 1. The van der Waals surface area contributed by atoms with Crippen LogP contribution in [0.1, 0.15) is 15.9 Å². The summed E-state index contributed by atoms with van der Waals surface area (Å²) in [6, 6.07) is 12.9. The molecule has 0 radical (unpaired) electrons. The van der Waals surface area contributed by atoms with Gasteiger partial charge in [-0.3, -0.25) is 4.79 Å². The van der Waals surface area contributed by atoms with E-state index in [4.69, 9.17) is 5.41 Å². The van der Waals surface area contributed by atoms with Gasteiger partial charge in [0, 0.05) is 15.6 Å². The van der Waals surface area contributed by atoms with Crippen LogP contribution in [0.15, 0.2) is 57.9 Å². The normalized spacial score (nSPS) is 19.3. The third kappa shape index (κ3) is 2.06. The molecule has 0 aliphatic carbocycles.